The number of halogens is 1. The molecule has 1 aromatic heterocycles. The van der Waals surface area contributed by atoms with Crippen LogP contribution in [-0.2, 0) is 16.0 Å². The molecule has 0 saturated carbocycles. The van der Waals surface area contributed by atoms with Gasteiger partial charge in [0.1, 0.15) is 11.5 Å². The molecule has 1 aliphatic heterocycles. The number of para-hydroxylation sites is 1. The number of nitrogens with one attached hydrogen (secondary N) is 1. The maximum atomic E-state index is 14.0. The first kappa shape index (κ1) is 16.6. The van der Waals surface area contributed by atoms with E-state index < -0.39 is 0 Å². The lowest BCUT2D eigenvalue weighted by molar-refractivity contribution is -0.120. The van der Waals surface area contributed by atoms with Crippen molar-refractivity contribution in [3.05, 3.63) is 47.0 Å². The molecule has 1 aliphatic rings. The lowest BCUT2D eigenvalue weighted by Crippen LogP contribution is -2.33. The highest BCUT2D eigenvalue weighted by molar-refractivity contribution is 5.79. The van der Waals surface area contributed by atoms with Crippen LogP contribution in [0.4, 0.5) is 4.39 Å². The van der Waals surface area contributed by atoms with Gasteiger partial charge < -0.3 is 10.1 Å². The largest absolute Gasteiger partial charge is 0.376 e. The van der Waals surface area contributed by atoms with Crippen molar-refractivity contribution in [2.75, 3.05) is 13.2 Å². The Morgan fingerprint density at radius 3 is 2.92 bits per heavy atom. The van der Waals surface area contributed by atoms with Crippen LogP contribution in [0.1, 0.15) is 29.8 Å². The third-order valence-electron chi connectivity index (χ3n) is 4.41. The fraction of sp³-hybridized carbons (Fsp3) is 0.444. The summed E-state index contributed by atoms with van der Waals surface area (Å²) in [6, 6.07) is 6.49. The molecule has 24 heavy (non-hydrogen) atoms. The molecule has 1 aromatic carbocycles. The summed E-state index contributed by atoms with van der Waals surface area (Å²) in [6.07, 6.45) is 2.40. The van der Waals surface area contributed by atoms with Crippen molar-refractivity contribution < 1.29 is 13.9 Å². The van der Waals surface area contributed by atoms with Crippen LogP contribution in [0, 0.1) is 19.7 Å². The van der Waals surface area contributed by atoms with Gasteiger partial charge in [-0.25, -0.2) is 9.07 Å². The summed E-state index contributed by atoms with van der Waals surface area (Å²) < 4.78 is 21.1. The van der Waals surface area contributed by atoms with Crippen LogP contribution in [0.2, 0.25) is 0 Å². The van der Waals surface area contributed by atoms with Crippen molar-refractivity contribution in [1.82, 2.24) is 15.1 Å². The van der Waals surface area contributed by atoms with E-state index in [1.807, 2.05) is 13.8 Å². The number of carbonyl (C=O) groups excluding carboxylic acids is 1. The number of benzene rings is 1. The van der Waals surface area contributed by atoms with Crippen LogP contribution in [0.25, 0.3) is 5.69 Å². The molecular weight excluding hydrogens is 309 g/mol. The minimum absolute atomic E-state index is 0.0650. The van der Waals surface area contributed by atoms with Gasteiger partial charge in [-0.3, -0.25) is 4.79 Å². The zero-order valence-electron chi connectivity index (χ0n) is 14.0. The van der Waals surface area contributed by atoms with E-state index in [0.29, 0.717) is 12.2 Å². The molecule has 5 nitrogen and oxygen atoms in total. The zero-order valence-corrected chi connectivity index (χ0v) is 14.0. The second-order valence-electron chi connectivity index (χ2n) is 6.13. The topological polar surface area (TPSA) is 56.2 Å². The highest BCUT2D eigenvalue weighted by atomic mass is 19.1. The summed E-state index contributed by atoms with van der Waals surface area (Å²) in [4.78, 5) is 12.2. The zero-order chi connectivity index (χ0) is 17.1. The molecule has 1 N–H and O–H groups in total. The highest BCUT2D eigenvalue weighted by Gasteiger charge is 2.19. The minimum atomic E-state index is -0.336. The van der Waals surface area contributed by atoms with E-state index in [4.69, 9.17) is 4.74 Å². The van der Waals surface area contributed by atoms with E-state index in [1.54, 1.807) is 22.9 Å². The fourth-order valence-corrected chi connectivity index (χ4v) is 3.04. The van der Waals surface area contributed by atoms with Gasteiger partial charge in [0.05, 0.1) is 18.2 Å². The molecule has 1 fully saturated rings. The van der Waals surface area contributed by atoms with Crippen LogP contribution in [-0.4, -0.2) is 34.9 Å². The highest BCUT2D eigenvalue weighted by Crippen LogP contribution is 2.20. The number of ether oxygens (including phenoxy) is 1. The third kappa shape index (κ3) is 3.48. The molecule has 3 rings (SSSR count). The Hall–Kier alpha value is -2.21. The van der Waals surface area contributed by atoms with E-state index in [0.717, 1.165) is 36.4 Å². The first-order valence-electron chi connectivity index (χ1n) is 8.24. The maximum absolute atomic E-state index is 14.0. The molecule has 0 aliphatic carbocycles. The number of nitrogens with zero attached hydrogens (tertiary/aromatic N) is 2. The SMILES string of the molecule is Cc1nn(-c2ccccc2F)c(C)c1CC(=O)NCC1CCCO1. The first-order chi connectivity index (χ1) is 11.6. The van der Waals surface area contributed by atoms with Crippen molar-refractivity contribution in [2.45, 2.75) is 39.2 Å². The molecule has 1 saturated heterocycles. The van der Waals surface area contributed by atoms with Crippen LogP contribution in [0.15, 0.2) is 24.3 Å². The predicted molar refractivity (Wildman–Crippen MR) is 88.7 cm³/mol. The van der Waals surface area contributed by atoms with Crippen LogP contribution < -0.4 is 5.32 Å². The van der Waals surface area contributed by atoms with Gasteiger partial charge in [-0.15, -0.1) is 0 Å². The first-order valence-corrected chi connectivity index (χ1v) is 8.24. The number of hydrogen-bond acceptors (Lipinski definition) is 3. The summed E-state index contributed by atoms with van der Waals surface area (Å²) in [6.45, 7) is 5.01. The lowest BCUT2D eigenvalue weighted by Gasteiger charge is -2.11. The quantitative estimate of drug-likeness (QED) is 0.916. The molecule has 0 radical (unpaired) electrons. The summed E-state index contributed by atoms with van der Waals surface area (Å²) in [7, 11) is 0. The van der Waals surface area contributed by atoms with Crippen molar-refractivity contribution in [2.24, 2.45) is 0 Å². The number of carbonyl (C=O) groups is 1. The third-order valence-corrected chi connectivity index (χ3v) is 4.41. The summed E-state index contributed by atoms with van der Waals surface area (Å²) in [5, 5.41) is 7.32. The molecule has 1 amide bonds. The lowest BCUT2D eigenvalue weighted by atomic mass is 10.1. The Bertz CT molecular complexity index is 736. The average molecular weight is 331 g/mol. The normalized spacial score (nSPS) is 17.2. The van der Waals surface area contributed by atoms with Crippen LogP contribution in [0.3, 0.4) is 0 Å². The minimum Gasteiger partial charge on any atom is -0.376 e. The Kier molecular flexibility index (Phi) is 4.94. The Morgan fingerprint density at radius 1 is 1.42 bits per heavy atom. The van der Waals surface area contributed by atoms with Crippen molar-refractivity contribution in [3.8, 4) is 5.69 Å². The molecule has 0 spiro atoms. The number of hydrogen-bond donors (Lipinski definition) is 1. The molecule has 6 heteroatoms. The molecule has 1 unspecified atom stereocenters. The van der Waals surface area contributed by atoms with Crippen molar-refractivity contribution in [3.63, 3.8) is 0 Å². The van der Waals surface area contributed by atoms with Gasteiger partial charge in [0, 0.05) is 24.4 Å². The van der Waals surface area contributed by atoms with Crippen molar-refractivity contribution in [1.29, 1.82) is 0 Å². The number of amides is 1. The number of aryl methyl sites for hydroxylation is 1. The number of rotatable bonds is 5. The number of aromatic nitrogens is 2. The molecule has 1 atom stereocenters. The van der Waals surface area contributed by atoms with Crippen molar-refractivity contribution >= 4 is 5.91 Å². The van der Waals surface area contributed by atoms with Crippen LogP contribution in [0.5, 0.6) is 0 Å². The molecular formula is C18H22FN3O2. The van der Waals surface area contributed by atoms with Gasteiger partial charge in [-0.05, 0) is 38.8 Å². The van der Waals surface area contributed by atoms with E-state index in [-0.39, 0.29) is 24.2 Å². The van der Waals surface area contributed by atoms with Gasteiger partial charge >= 0.3 is 0 Å². The predicted octanol–water partition coefficient (Wildman–Crippen LogP) is 2.47. The monoisotopic (exact) mass is 331 g/mol. The van der Waals surface area contributed by atoms with Gasteiger partial charge in [-0.2, -0.15) is 5.10 Å². The molecule has 0 bridgehead atoms. The van der Waals surface area contributed by atoms with E-state index in [1.165, 1.54) is 6.07 Å². The Morgan fingerprint density at radius 2 is 2.21 bits per heavy atom. The Labute approximate surface area is 140 Å². The summed E-state index contributed by atoms with van der Waals surface area (Å²) in [5.41, 5.74) is 2.75. The second-order valence-corrected chi connectivity index (χ2v) is 6.13. The smallest absolute Gasteiger partial charge is 0.224 e. The molecule has 2 aromatic rings. The molecule has 128 valence electrons. The second kappa shape index (κ2) is 7.13. The summed E-state index contributed by atoms with van der Waals surface area (Å²) >= 11 is 0. The summed E-state index contributed by atoms with van der Waals surface area (Å²) in [5.74, 6) is -0.401. The van der Waals surface area contributed by atoms with E-state index in [9.17, 15) is 9.18 Å². The van der Waals surface area contributed by atoms with Gasteiger partial charge in [-0.1, -0.05) is 12.1 Å². The maximum Gasteiger partial charge on any atom is 0.224 e. The average Bonchev–Trinajstić information content (AvgIpc) is 3.17. The van der Waals surface area contributed by atoms with Crippen LogP contribution >= 0.6 is 0 Å². The van der Waals surface area contributed by atoms with Gasteiger partial charge in [0.15, 0.2) is 0 Å². The van der Waals surface area contributed by atoms with Gasteiger partial charge in [0.25, 0.3) is 0 Å². The Balaban J connectivity index is 1.72. The van der Waals surface area contributed by atoms with E-state index >= 15 is 0 Å². The fourth-order valence-electron chi connectivity index (χ4n) is 3.04. The molecule has 2 heterocycles. The van der Waals surface area contributed by atoms with E-state index in [2.05, 4.69) is 10.4 Å². The standard InChI is InChI=1S/C18H22FN3O2/c1-12-15(10-18(23)20-11-14-6-5-9-24-14)13(2)22(21-12)17-8-4-3-7-16(17)19/h3-4,7-8,14H,5-6,9-11H2,1-2H3,(H,20,23). The van der Waals surface area contributed by atoms with Gasteiger partial charge in [0.2, 0.25) is 5.91 Å².